The van der Waals surface area contributed by atoms with Crippen LogP contribution in [0.5, 0.6) is 0 Å². The average Bonchev–Trinajstić information content (AvgIpc) is 2.89. The van der Waals surface area contributed by atoms with Gasteiger partial charge in [-0.1, -0.05) is 41.9 Å². The number of nitriles is 2. The van der Waals surface area contributed by atoms with Crippen LogP contribution >= 0.6 is 11.6 Å². The highest BCUT2D eigenvalue weighted by Crippen LogP contribution is 2.38. The minimum absolute atomic E-state index is 0.321. The summed E-state index contributed by atoms with van der Waals surface area (Å²) in [6, 6.07) is 19.6. The first kappa shape index (κ1) is 15.2. The minimum Gasteiger partial charge on any atom is -0.358 e. The first-order chi connectivity index (χ1) is 11.2. The van der Waals surface area contributed by atoms with Crippen molar-refractivity contribution in [2.24, 2.45) is 5.92 Å². The zero-order valence-electron chi connectivity index (χ0n) is 12.5. The number of hydrogen-bond donors (Lipinski definition) is 1. The van der Waals surface area contributed by atoms with Crippen molar-refractivity contribution in [2.45, 2.75) is 12.8 Å². The number of aromatic nitrogens is 1. The molecule has 0 amide bonds. The summed E-state index contributed by atoms with van der Waals surface area (Å²) in [6.07, 6.45) is 0. The summed E-state index contributed by atoms with van der Waals surface area (Å²) in [7, 11) is 0. The van der Waals surface area contributed by atoms with Crippen LogP contribution in [0.4, 0.5) is 0 Å². The Morgan fingerprint density at radius 2 is 1.65 bits per heavy atom. The minimum atomic E-state index is -0.769. The van der Waals surface area contributed by atoms with Gasteiger partial charge in [0.1, 0.15) is 5.92 Å². The zero-order chi connectivity index (χ0) is 16.4. The lowest BCUT2D eigenvalue weighted by Gasteiger charge is -2.19. The number of nitrogens with zero attached hydrogens (tertiary/aromatic N) is 2. The van der Waals surface area contributed by atoms with E-state index in [4.69, 9.17) is 11.6 Å². The molecule has 0 aliphatic rings. The standard InChI is InChI=1S/C19H14ClN3/c1-12-18(16-4-2-3-5-17(16)23-12)19(14(10-21)11-22)13-6-8-15(20)9-7-13/h2-9,14,19,23H,1H3/t19-/m1/s1. The SMILES string of the molecule is Cc1[nH]c2ccccc2c1[C@H](c1ccc(Cl)cc1)C(C#N)C#N. The Bertz CT molecular complexity index is 912. The van der Waals surface area contributed by atoms with Crippen LogP contribution in [0.15, 0.2) is 48.5 Å². The Balaban J connectivity index is 2.27. The molecule has 23 heavy (non-hydrogen) atoms. The number of benzene rings is 2. The molecule has 1 atom stereocenters. The van der Waals surface area contributed by atoms with Crippen molar-refractivity contribution in [3.63, 3.8) is 0 Å². The maximum absolute atomic E-state index is 9.47. The van der Waals surface area contributed by atoms with Crippen molar-refractivity contribution in [2.75, 3.05) is 0 Å². The Morgan fingerprint density at radius 3 is 2.30 bits per heavy atom. The van der Waals surface area contributed by atoms with E-state index in [1.807, 2.05) is 43.3 Å². The molecule has 0 aliphatic heterocycles. The van der Waals surface area contributed by atoms with Gasteiger partial charge >= 0.3 is 0 Å². The van der Waals surface area contributed by atoms with E-state index >= 15 is 0 Å². The van der Waals surface area contributed by atoms with Crippen LogP contribution in [-0.4, -0.2) is 4.98 Å². The molecular weight excluding hydrogens is 306 g/mol. The maximum Gasteiger partial charge on any atom is 0.144 e. The lowest BCUT2D eigenvalue weighted by Crippen LogP contribution is -2.12. The third-order valence-electron chi connectivity index (χ3n) is 4.10. The summed E-state index contributed by atoms with van der Waals surface area (Å²) in [4.78, 5) is 3.35. The van der Waals surface area contributed by atoms with E-state index in [0.717, 1.165) is 27.7 Å². The quantitative estimate of drug-likeness (QED) is 0.744. The van der Waals surface area contributed by atoms with Gasteiger partial charge in [-0.15, -0.1) is 0 Å². The molecule has 1 aromatic heterocycles. The second kappa shape index (κ2) is 6.16. The Labute approximate surface area is 139 Å². The Morgan fingerprint density at radius 1 is 1.00 bits per heavy atom. The number of H-pyrrole nitrogens is 1. The molecule has 1 N–H and O–H groups in total. The number of para-hydroxylation sites is 1. The van der Waals surface area contributed by atoms with Gasteiger partial charge in [0.2, 0.25) is 0 Å². The summed E-state index contributed by atoms with van der Waals surface area (Å²) in [6.45, 7) is 1.98. The smallest absolute Gasteiger partial charge is 0.144 e. The summed E-state index contributed by atoms with van der Waals surface area (Å²) in [5, 5.41) is 20.6. The van der Waals surface area contributed by atoms with Crippen LogP contribution in [0.2, 0.25) is 5.02 Å². The fourth-order valence-electron chi connectivity index (χ4n) is 3.07. The van der Waals surface area contributed by atoms with Gasteiger partial charge < -0.3 is 4.98 Å². The number of aryl methyl sites for hydroxylation is 1. The van der Waals surface area contributed by atoms with Crippen molar-refractivity contribution in [3.8, 4) is 12.1 Å². The lowest BCUT2D eigenvalue weighted by molar-refractivity contribution is 0.709. The normalized spacial score (nSPS) is 12.0. The summed E-state index contributed by atoms with van der Waals surface area (Å²) in [5.74, 6) is -1.09. The predicted octanol–water partition coefficient (Wildman–Crippen LogP) is 4.92. The monoisotopic (exact) mass is 319 g/mol. The molecule has 0 bridgehead atoms. The van der Waals surface area contributed by atoms with Crippen molar-refractivity contribution < 1.29 is 0 Å². The molecule has 0 saturated carbocycles. The highest BCUT2D eigenvalue weighted by atomic mass is 35.5. The molecule has 0 saturated heterocycles. The van der Waals surface area contributed by atoms with E-state index in [9.17, 15) is 10.5 Å². The molecule has 0 aliphatic carbocycles. The van der Waals surface area contributed by atoms with E-state index in [1.54, 1.807) is 12.1 Å². The molecule has 0 radical (unpaired) electrons. The lowest BCUT2D eigenvalue weighted by atomic mass is 9.81. The third-order valence-corrected chi connectivity index (χ3v) is 4.35. The largest absolute Gasteiger partial charge is 0.358 e. The van der Waals surface area contributed by atoms with Crippen LogP contribution in [0.1, 0.15) is 22.7 Å². The van der Waals surface area contributed by atoms with E-state index in [1.165, 1.54) is 0 Å². The van der Waals surface area contributed by atoms with Gasteiger partial charge in [-0.3, -0.25) is 0 Å². The second-order valence-corrected chi connectivity index (χ2v) is 5.91. The molecule has 3 nitrogen and oxygen atoms in total. The summed E-state index contributed by atoms with van der Waals surface area (Å²) < 4.78 is 0. The highest BCUT2D eigenvalue weighted by molar-refractivity contribution is 6.30. The second-order valence-electron chi connectivity index (χ2n) is 5.47. The van der Waals surface area contributed by atoms with E-state index in [-0.39, 0.29) is 5.92 Å². The Kier molecular flexibility index (Phi) is 4.06. The fourth-order valence-corrected chi connectivity index (χ4v) is 3.20. The van der Waals surface area contributed by atoms with E-state index < -0.39 is 5.92 Å². The van der Waals surface area contributed by atoms with Crippen molar-refractivity contribution >= 4 is 22.5 Å². The highest BCUT2D eigenvalue weighted by Gasteiger charge is 2.29. The Hall–Kier alpha value is -2.75. The number of halogens is 1. The average molecular weight is 320 g/mol. The maximum atomic E-state index is 9.47. The van der Waals surface area contributed by atoms with E-state index in [2.05, 4.69) is 17.1 Å². The number of nitrogens with one attached hydrogen (secondary N) is 1. The number of aromatic amines is 1. The third kappa shape index (κ3) is 2.68. The molecule has 0 spiro atoms. The zero-order valence-corrected chi connectivity index (χ0v) is 13.3. The molecule has 3 rings (SSSR count). The molecule has 112 valence electrons. The predicted molar refractivity (Wildman–Crippen MR) is 91.0 cm³/mol. The van der Waals surface area contributed by atoms with Crippen molar-refractivity contribution in [1.82, 2.24) is 4.98 Å². The van der Waals surface area contributed by atoms with Gasteiger partial charge in [0.05, 0.1) is 12.1 Å². The van der Waals surface area contributed by atoms with Crippen molar-refractivity contribution in [1.29, 1.82) is 10.5 Å². The van der Waals surface area contributed by atoms with Crippen LogP contribution < -0.4 is 0 Å². The van der Waals surface area contributed by atoms with Crippen LogP contribution in [0.25, 0.3) is 10.9 Å². The molecule has 1 heterocycles. The first-order valence-corrected chi connectivity index (χ1v) is 7.65. The van der Waals surface area contributed by atoms with Gasteiger partial charge in [-0.05, 0) is 36.2 Å². The summed E-state index contributed by atoms with van der Waals surface area (Å²) in [5.41, 5.74) is 3.89. The van der Waals surface area contributed by atoms with Crippen LogP contribution in [-0.2, 0) is 0 Å². The molecule has 0 fully saturated rings. The topological polar surface area (TPSA) is 63.4 Å². The molecule has 4 heteroatoms. The molecule has 0 unspecified atom stereocenters. The number of rotatable bonds is 3. The molecular formula is C19H14ClN3. The number of fused-ring (bicyclic) bond motifs is 1. The van der Waals surface area contributed by atoms with Crippen LogP contribution in [0.3, 0.4) is 0 Å². The van der Waals surface area contributed by atoms with Gasteiger partial charge in [-0.25, -0.2) is 0 Å². The molecule has 2 aromatic carbocycles. The van der Waals surface area contributed by atoms with Gasteiger partial charge in [0.25, 0.3) is 0 Å². The van der Waals surface area contributed by atoms with Crippen LogP contribution in [0, 0.1) is 35.5 Å². The van der Waals surface area contributed by atoms with Crippen molar-refractivity contribution in [3.05, 3.63) is 70.4 Å². The van der Waals surface area contributed by atoms with Gasteiger partial charge in [-0.2, -0.15) is 10.5 Å². The summed E-state index contributed by atoms with van der Waals surface area (Å²) >= 11 is 5.98. The van der Waals surface area contributed by atoms with Gasteiger partial charge in [0, 0.05) is 27.5 Å². The van der Waals surface area contributed by atoms with E-state index in [0.29, 0.717) is 5.02 Å². The number of hydrogen-bond acceptors (Lipinski definition) is 2. The van der Waals surface area contributed by atoms with Gasteiger partial charge in [0.15, 0.2) is 0 Å². The fraction of sp³-hybridized carbons (Fsp3) is 0.158. The molecule has 3 aromatic rings. The first-order valence-electron chi connectivity index (χ1n) is 7.27.